The van der Waals surface area contributed by atoms with Crippen molar-refractivity contribution in [2.24, 2.45) is 5.92 Å². The maximum Gasteiger partial charge on any atom is 0.243 e. The lowest BCUT2D eigenvalue weighted by Gasteiger charge is -2.34. The quantitative estimate of drug-likeness (QED) is 0.635. The van der Waals surface area contributed by atoms with Crippen LogP contribution in [0.1, 0.15) is 31.2 Å². The summed E-state index contributed by atoms with van der Waals surface area (Å²) in [6, 6.07) is 14.7. The highest BCUT2D eigenvalue weighted by Crippen LogP contribution is 2.26. The van der Waals surface area contributed by atoms with E-state index >= 15 is 0 Å². The molecule has 0 N–H and O–H groups in total. The Balaban J connectivity index is 1.43. The molecule has 32 heavy (non-hydrogen) atoms. The number of ether oxygens (including phenoxy) is 1. The van der Waals surface area contributed by atoms with E-state index < -0.39 is 10.0 Å². The minimum atomic E-state index is -3.56. The largest absolute Gasteiger partial charge is 0.376 e. The van der Waals surface area contributed by atoms with Crippen LogP contribution >= 0.6 is 0 Å². The van der Waals surface area contributed by atoms with E-state index in [2.05, 4.69) is 0 Å². The fraction of sp³-hybridized carbons (Fsp3) is 0.458. The third-order valence-corrected chi connectivity index (χ3v) is 8.12. The second kappa shape index (κ2) is 10.1. The van der Waals surface area contributed by atoms with Crippen molar-refractivity contribution in [2.45, 2.75) is 43.2 Å². The molecule has 1 amide bonds. The predicted molar refractivity (Wildman–Crippen MR) is 119 cm³/mol. The van der Waals surface area contributed by atoms with Crippen LogP contribution in [-0.4, -0.2) is 55.9 Å². The molecule has 2 aliphatic heterocycles. The summed E-state index contributed by atoms with van der Waals surface area (Å²) in [7, 11) is -3.56. The average Bonchev–Trinajstić information content (AvgIpc) is 3.32. The van der Waals surface area contributed by atoms with E-state index in [1.807, 2.05) is 6.07 Å². The molecule has 2 fully saturated rings. The molecule has 0 bridgehead atoms. The van der Waals surface area contributed by atoms with Crippen molar-refractivity contribution in [1.82, 2.24) is 9.21 Å². The number of hydrogen-bond donors (Lipinski definition) is 0. The summed E-state index contributed by atoms with van der Waals surface area (Å²) in [5, 5.41) is 0. The van der Waals surface area contributed by atoms with E-state index in [1.54, 1.807) is 41.3 Å². The van der Waals surface area contributed by atoms with Crippen LogP contribution in [0.25, 0.3) is 0 Å². The summed E-state index contributed by atoms with van der Waals surface area (Å²) in [6.45, 7) is 2.10. The number of nitrogens with zero attached hydrogens (tertiary/aromatic N) is 2. The SMILES string of the molecule is O=C(C1CCN(S(=O)(=O)c2ccccc2)CC1)N(Cc1cccc(F)c1)CC1CCCO1. The third-order valence-electron chi connectivity index (χ3n) is 6.21. The van der Waals surface area contributed by atoms with Crippen LogP contribution in [0.3, 0.4) is 0 Å². The van der Waals surface area contributed by atoms with E-state index in [4.69, 9.17) is 4.74 Å². The smallest absolute Gasteiger partial charge is 0.243 e. The van der Waals surface area contributed by atoms with Gasteiger partial charge in [-0.15, -0.1) is 0 Å². The van der Waals surface area contributed by atoms with Gasteiger partial charge in [-0.2, -0.15) is 4.31 Å². The number of rotatable bonds is 7. The lowest BCUT2D eigenvalue weighted by molar-refractivity contribution is -0.139. The molecular formula is C24H29FN2O4S. The first-order valence-electron chi connectivity index (χ1n) is 11.1. The fourth-order valence-corrected chi connectivity index (χ4v) is 5.96. The van der Waals surface area contributed by atoms with Crippen LogP contribution < -0.4 is 0 Å². The zero-order chi connectivity index (χ0) is 22.6. The molecule has 0 aromatic heterocycles. The van der Waals surface area contributed by atoms with Gasteiger partial charge >= 0.3 is 0 Å². The molecule has 0 spiro atoms. The van der Waals surface area contributed by atoms with Gasteiger partial charge in [0.1, 0.15) is 5.82 Å². The molecule has 1 unspecified atom stereocenters. The number of carbonyl (C=O) groups excluding carboxylic acids is 1. The van der Waals surface area contributed by atoms with Gasteiger partial charge in [0.2, 0.25) is 15.9 Å². The van der Waals surface area contributed by atoms with Gasteiger partial charge in [0.05, 0.1) is 11.0 Å². The van der Waals surface area contributed by atoms with Gasteiger partial charge in [0.15, 0.2) is 0 Å². The topological polar surface area (TPSA) is 66.9 Å². The first-order valence-corrected chi connectivity index (χ1v) is 12.6. The van der Waals surface area contributed by atoms with E-state index in [9.17, 15) is 17.6 Å². The summed E-state index contributed by atoms with van der Waals surface area (Å²) >= 11 is 0. The molecule has 2 aromatic carbocycles. The normalized spacial score (nSPS) is 20.3. The number of carbonyl (C=O) groups is 1. The molecule has 1 atom stereocenters. The maximum atomic E-state index is 13.7. The van der Waals surface area contributed by atoms with Crippen molar-refractivity contribution in [1.29, 1.82) is 0 Å². The van der Waals surface area contributed by atoms with E-state index in [0.717, 1.165) is 18.4 Å². The summed E-state index contributed by atoms with van der Waals surface area (Å²) in [5.74, 6) is -0.597. The Hall–Kier alpha value is -2.29. The Morgan fingerprint density at radius 1 is 1.06 bits per heavy atom. The highest BCUT2D eigenvalue weighted by molar-refractivity contribution is 7.89. The minimum absolute atomic E-state index is 0.00828. The number of halogens is 1. The van der Waals surface area contributed by atoms with Gasteiger partial charge in [-0.1, -0.05) is 30.3 Å². The monoisotopic (exact) mass is 460 g/mol. The molecule has 2 saturated heterocycles. The first kappa shape index (κ1) is 22.9. The van der Waals surface area contributed by atoms with Gasteiger partial charge in [0.25, 0.3) is 0 Å². The van der Waals surface area contributed by atoms with Gasteiger partial charge in [0, 0.05) is 38.7 Å². The molecule has 0 aliphatic carbocycles. The summed E-state index contributed by atoms with van der Waals surface area (Å²) < 4.78 is 46.6. The van der Waals surface area contributed by atoms with Crippen LogP contribution in [-0.2, 0) is 26.1 Å². The predicted octanol–water partition coefficient (Wildman–Crippen LogP) is 3.43. The number of amides is 1. The minimum Gasteiger partial charge on any atom is -0.376 e. The maximum absolute atomic E-state index is 13.7. The zero-order valence-electron chi connectivity index (χ0n) is 18.0. The Labute approximate surface area is 189 Å². The van der Waals surface area contributed by atoms with Crippen molar-refractivity contribution in [3.05, 3.63) is 66.0 Å². The molecule has 0 radical (unpaired) electrons. The van der Waals surface area contributed by atoms with Gasteiger partial charge in [-0.05, 0) is 55.5 Å². The number of piperidine rings is 1. The highest BCUT2D eigenvalue weighted by Gasteiger charge is 2.34. The van der Waals surface area contributed by atoms with Crippen LogP contribution in [0, 0.1) is 11.7 Å². The van der Waals surface area contributed by atoms with Crippen molar-refractivity contribution in [2.75, 3.05) is 26.2 Å². The van der Waals surface area contributed by atoms with Crippen LogP contribution in [0.15, 0.2) is 59.5 Å². The lowest BCUT2D eigenvalue weighted by atomic mass is 9.96. The second-order valence-electron chi connectivity index (χ2n) is 8.48. The molecule has 2 aliphatic rings. The summed E-state index contributed by atoms with van der Waals surface area (Å²) in [6.07, 6.45) is 2.81. The highest BCUT2D eigenvalue weighted by atomic mass is 32.2. The fourth-order valence-electron chi connectivity index (χ4n) is 4.47. The standard InChI is InChI=1S/C24H29FN2O4S/c25-21-7-4-6-19(16-21)17-26(18-22-8-5-15-31-22)24(28)20-11-13-27(14-12-20)32(29,30)23-9-2-1-3-10-23/h1-4,6-7,9-10,16,20,22H,5,8,11-15,17-18H2. The van der Waals surface area contributed by atoms with Gasteiger partial charge < -0.3 is 9.64 Å². The molecule has 6 nitrogen and oxygen atoms in total. The Bertz CT molecular complexity index is 1020. The van der Waals surface area contributed by atoms with Crippen LogP contribution in [0.4, 0.5) is 4.39 Å². The van der Waals surface area contributed by atoms with E-state index in [0.29, 0.717) is 45.6 Å². The number of hydrogen-bond acceptors (Lipinski definition) is 4. The number of benzene rings is 2. The van der Waals surface area contributed by atoms with Gasteiger partial charge in [-0.25, -0.2) is 12.8 Å². The van der Waals surface area contributed by atoms with Crippen molar-refractivity contribution >= 4 is 15.9 Å². The molecule has 8 heteroatoms. The Kier molecular flexibility index (Phi) is 7.23. The molecule has 0 saturated carbocycles. The zero-order valence-corrected chi connectivity index (χ0v) is 18.8. The summed E-state index contributed by atoms with van der Waals surface area (Å²) in [4.78, 5) is 15.4. The van der Waals surface area contributed by atoms with E-state index in [-0.39, 0.29) is 28.6 Å². The lowest BCUT2D eigenvalue weighted by Crippen LogP contribution is -2.45. The molecule has 2 aromatic rings. The van der Waals surface area contributed by atoms with Gasteiger partial charge in [-0.3, -0.25) is 4.79 Å². The molecule has 4 rings (SSSR count). The Morgan fingerprint density at radius 2 is 1.81 bits per heavy atom. The average molecular weight is 461 g/mol. The molecule has 2 heterocycles. The third kappa shape index (κ3) is 5.36. The summed E-state index contributed by atoms with van der Waals surface area (Å²) in [5.41, 5.74) is 0.737. The number of sulfonamides is 1. The van der Waals surface area contributed by atoms with Crippen molar-refractivity contribution < 1.29 is 22.3 Å². The Morgan fingerprint density at radius 3 is 2.47 bits per heavy atom. The van der Waals surface area contributed by atoms with Crippen molar-refractivity contribution in [3.8, 4) is 0 Å². The van der Waals surface area contributed by atoms with Crippen molar-refractivity contribution in [3.63, 3.8) is 0 Å². The van der Waals surface area contributed by atoms with E-state index in [1.165, 1.54) is 16.4 Å². The molecule has 172 valence electrons. The van der Waals surface area contributed by atoms with Crippen LogP contribution in [0.2, 0.25) is 0 Å². The second-order valence-corrected chi connectivity index (χ2v) is 10.4. The molecular weight excluding hydrogens is 431 g/mol. The van der Waals surface area contributed by atoms with Crippen LogP contribution in [0.5, 0.6) is 0 Å². The first-order chi connectivity index (χ1) is 15.4.